The highest BCUT2D eigenvalue weighted by Gasteiger charge is 2.38. The number of para-hydroxylation sites is 2. The fourth-order valence-corrected chi connectivity index (χ4v) is 3.24. The normalized spacial score (nSPS) is 27.0. The Bertz CT molecular complexity index is 456. The maximum Gasteiger partial charge on any atom is 0.142 e. The Hall–Kier alpha value is -1.22. The third-order valence-corrected chi connectivity index (χ3v) is 4.25. The second kappa shape index (κ2) is 5.65. The van der Waals surface area contributed by atoms with Crippen LogP contribution in [0.1, 0.15) is 40.0 Å². The molecule has 3 rings (SSSR count). The van der Waals surface area contributed by atoms with Crippen molar-refractivity contribution in [3.05, 3.63) is 24.3 Å². The summed E-state index contributed by atoms with van der Waals surface area (Å²) >= 11 is 0. The number of anilines is 1. The first-order valence-electron chi connectivity index (χ1n) is 7.91. The van der Waals surface area contributed by atoms with Crippen LogP contribution in [0.3, 0.4) is 0 Å². The zero-order valence-electron chi connectivity index (χ0n) is 12.8. The summed E-state index contributed by atoms with van der Waals surface area (Å²) in [6, 6.07) is 10.4. The van der Waals surface area contributed by atoms with E-state index in [0.29, 0.717) is 12.1 Å². The minimum atomic E-state index is 0.211. The molecule has 1 aliphatic heterocycles. The number of rotatable bonds is 5. The van der Waals surface area contributed by atoms with E-state index in [2.05, 4.69) is 49.2 Å². The molecule has 2 fully saturated rings. The van der Waals surface area contributed by atoms with E-state index in [1.807, 2.05) is 6.07 Å². The first-order chi connectivity index (χ1) is 9.63. The van der Waals surface area contributed by atoms with Crippen molar-refractivity contribution < 1.29 is 4.74 Å². The van der Waals surface area contributed by atoms with E-state index < -0.39 is 0 Å². The van der Waals surface area contributed by atoms with Gasteiger partial charge in [0.15, 0.2) is 0 Å². The molecule has 0 bridgehead atoms. The standard InChI is InChI=1S/C17H26N2O/c1-12(2)20-17-7-5-4-6-16(17)18-14-10-13(3)19(11-14)15-8-9-15/h4-7,12-15,18H,8-11H2,1-3H3. The van der Waals surface area contributed by atoms with Crippen molar-refractivity contribution in [2.45, 2.75) is 64.3 Å². The summed E-state index contributed by atoms with van der Waals surface area (Å²) in [5, 5.41) is 3.69. The van der Waals surface area contributed by atoms with Crippen molar-refractivity contribution in [1.29, 1.82) is 0 Å². The molecular weight excluding hydrogens is 248 g/mol. The Morgan fingerprint density at radius 2 is 2.00 bits per heavy atom. The summed E-state index contributed by atoms with van der Waals surface area (Å²) in [4.78, 5) is 2.67. The summed E-state index contributed by atoms with van der Waals surface area (Å²) in [5.74, 6) is 0.972. The molecule has 0 radical (unpaired) electrons. The summed E-state index contributed by atoms with van der Waals surface area (Å²) < 4.78 is 5.89. The Morgan fingerprint density at radius 3 is 2.70 bits per heavy atom. The number of ether oxygens (including phenoxy) is 1. The van der Waals surface area contributed by atoms with Gasteiger partial charge < -0.3 is 10.1 Å². The third kappa shape index (κ3) is 3.09. The SMILES string of the molecule is CC(C)Oc1ccccc1NC1CC(C)N(C2CC2)C1. The molecule has 1 aliphatic carbocycles. The quantitative estimate of drug-likeness (QED) is 0.889. The van der Waals surface area contributed by atoms with Gasteiger partial charge in [0.2, 0.25) is 0 Å². The Kier molecular flexibility index (Phi) is 3.88. The average molecular weight is 274 g/mol. The van der Waals surface area contributed by atoms with Gasteiger partial charge in [-0.05, 0) is 52.2 Å². The van der Waals surface area contributed by atoms with Gasteiger partial charge in [-0.3, -0.25) is 4.90 Å². The van der Waals surface area contributed by atoms with Crippen molar-refractivity contribution in [3.8, 4) is 5.75 Å². The van der Waals surface area contributed by atoms with Gasteiger partial charge in [-0.2, -0.15) is 0 Å². The van der Waals surface area contributed by atoms with E-state index >= 15 is 0 Å². The molecule has 20 heavy (non-hydrogen) atoms. The summed E-state index contributed by atoms with van der Waals surface area (Å²) in [5.41, 5.74) is 1.14. The maximum absolute atomic E-state index is 5.89. The number of benzene rings is 1. The molecule has 2 unspecified atom stereocenters. The molecule has 1 saturated heterocycles. The highest BCUT2D eigenvalue weighted by Crippen LogP contribution is 2.35. The molecule has 1 saturated carbocycles. The van der Waals surface area contributed by atoms with Crippen LogP contribution in [0, 0.1) is 0 Å². The third-order valence-electron chi connectivity index (χ3n) is 4.25. The van der Waals surface area contributed by atoms with Crippen LogP contribution in [0.4, 0.5) is 5.69 Å². The summed E-state index contributed by atoms with van der Waals surface area (Å²) in [6.45, 7) is 7.67. The second-order valence-corrected chi connectivity index (χ2v) is 6.52. The molecule has 1 heterocycles. The van der Waals surface area contributed by atoms with Gasteiger partial charge in [-0.15, -0.1) is 0 Å². The molecule has 3 nitrogen and oxygen atoms in total. The molecule has 0 amide bonds. The molecule has 1 aromatic rings. The number of nitrogens with zero attached hydrogens (tertiary/aromatic N) is 1. The lowest BCUT2D eigenvalue weighted by molar-refractivity contribution is 0.243. The number of nitrogens with one attached hydrogen (secondary N) is 1. The van der Waals surface area contributed by atoms with Crippen LogP contribution in [-0.4, -0.2) is 35.7 Å². The molecule has 2 atom stereocenters. The maximum atomic E-state index is 5.89. The van der Waals surface area contributed by atoms with E-state index in [-0.39, 0.29) is 6.10 Å². The highest BCUT2D eigenvalue weighted by molar-refractivity contribution is 5.57. The molecule has 0 aromatic heterocycles. The highest BCUT2D eigenvalue weighted by atomic mass is 16.5. The topological polar surface area (TPSA) is 24.5 Å². The fourth-order valence-electron chi connectivity index (χ4n) is 3.24. The lowest BCUT2D eigenvalue weighted by Crippen LogP contribution is -2.31. The Labute approximate surface area is 122 Å². The van der Waals surface area contributed by atoms with Crippen molar-refractivity contribution in [2.24, 2.45) is 0 Å². The van der Waals surface area contributed by atoms with Crippen LogP contribution in [0.15, 0.2) is 24.3 Å². The fraction of sp³-hybridized carbons (Fsp3) is 0.647. The largest absolute Gasteiger partial charge is 0.489 e. The molecule has 1 N–H and O–H groups in total. The summed E-state index contributed by atoms with van der Waals surface area (Å²) in [7, 11) is 0. The predicted octanol–water partition coefficient (Wildman–Crippen LogP) is 3.51. The minimum Gasteiger partial charge on any atom is -0.489 e. The summed E-state index contributed by atoms with van der Waals surface area (Å²) in [6.07, 6.45) is 4.23. The van der Waals surface area contributed by atoms with Gasteiger partial charge in [0, 0.05) is 24.7 Å². The van der Waals surface area contributed by atoms with Gasteiger partial charge in [-0.1, -0.05) is 12.1 Å². The van der Waals surface area contributed by atoms with Crippen molar-refractivity contribution in [2.75, 3.05) is 11.9 Å². The van der Waals surface area contributed by atoms with Crippen molar-refractivity contribution in [1.82, 2.24) is 4.90 Å². The molecule has 3 heteroatoms. The minimum absolute atomic E-state index is 0.211. The first kappa shape index (κ1) is 13.7. The van der Waals surface area contributed by atoms with E-state index in [9.17, 15) is 0 Å². The van der Waals surface area contributed by atoms with E-state index in [4.69, 9.17) is 4.74 Å². The first-order valence-corrected chi connectivity index (χ1v) is 7.91. The average Bonchev–Trinajstić information content (AvgIpc) is 3.16. The number of hydrogen-bond donors (Lipinski definition) is 1. The molecular formula is C17H26N2O. The van der Waals surface area contributed by atoms with Crippen LogP contribution in [-0.2, 0) is 0 Å². The molecule has 110 valence electrons. The van der Waals surface area contributed by atoms with E-state index in [1.165, 1.54) is 25.8 Å². The van der Waals surface area contributed by atoms with Gasteiger partial charge in [0.25, 0.3) is 0 Å². The van der Waals surface area contributed by atoms with Crippen molar-refractivity contribution in [3.63, 3.8) is 0 Å². The van der Waals surface area contributed by atoms with Crippen LogP contribution in [0.5, 0.6) is 5.75 Å². The molecule has 1 aromatic carbocycles. The van der Waals surface area contributed by atoms with Gasteiger partial charge >= 0.3 is 0 Å². The Balaban J connectivity index is 1.66. The van der Waals surface area contributed by atoms with E-state index in [1.54, 1.807) is 0 Å². The molecule has 0 spiro atoms. The number of likely N-dealkylation sites (tertiary alicyclic amines) is 1. The zero-order valence-corrected chi connectivity index (χ0v) is 12.8. The second-order valence-electron chi connectivity index (χ2n) is 6.52. The molecule has 2 aliphatic rings. The van der Waals surface area contributed by atoms with Crippen LogP contribution in [0.25, 0.3) is 0 Å². The predicted molar refractivity (Wildman–Crippen MR) is 83.4 cm³/mol. The van der Waals surface area contributed by atoms with Crippen LogP contribution < -0.4 is 10.1 Å². The monoisotopic (exact) mass is 274 g/mol. The van der Waals surface area contributed by atoms with Crippen LogP contribution >= 0.6 is 0 Å². The van der Waals surface area contributed by atoms with Gasteiger partial charge in [0.05, 0.1) is 11.8 Å². The zero-order chi connectivity index (χ0) is 14.1. The smallest absolute Gasteiger partial charge is 0.142 e. The van der Waals surface area contributed by atoms with Crippen LogP contribution in [0.2, 0.25) is 0 Å². The van der Waals surface area contributed by atoms with Crippen molar-refractivity contribution >= 4 is 5.69 Å². The lowest BCUT2D eigenvalue weighted by atomic mass is 10.1. The van der Waals surface area contributed by atoms with E-state index in [0.717, 1.165) is 17.5 Å². The lowest BCUT2D eigenvalue weighted by Gasteiger charge is -2.21. The van der Waals surface area contributed by atoms with Gasteiger partial charge in [0.1, 0.15) is 5.75 Å². The number of hydrogen-bond acceptors (Lipinski definition) is 3. The Morgan fingerprint density at radius 1 is 1.25 bits per heavy atom. The van der Waals surface area contributed by atoms with Gasteiger partial charge in [-0.25, -0.2) is 0 Å².